The Morgan fingerprint density at radius 2 is 2.05 bits per heavy atom. The van der Waals surface area contributed by atoms with E-state index in [0.717, 1.165) is 12.1 Å². The Balaban J connectivity index is 2.04. The number of rotatable bonds is 3. The fraction of sp³-hybridized carbons (Fsp3) is 0.529. The van der Waals surface area contributed by atoms with Gasteiger partial charge in [0, 0.05) is 6.54 Å². The number of alkyl halides is 1. The van der Waals surface area contributed by atoms with Crippen molar-refractivity contribution in [3.63, 3.8) is 0 Å². The number of para-hydroxylation sites is 1. The minimum Gasteiger partial charge on any atom is -0.295 e. The molecule has 0 amide bonds. The molecule has 0 bridgehead atoms. The number of fused-ring (bicyclic) bond motifs is 1. The van der Waals surface area contributed by atoms with Crippen LogP contribution in [-0.4, -0.2) is 9.55 Å². The van der Waals surface area contributed by atoms with Gasteiger partial charge in [0.05, 0.1) is 16.8 Å². The summed E-state index contributed by atoms with van der Waals surface area (Å²) in [5, 5.41) is 0.690. The highest BCUT2D eigenvalue weighted by molar-refractivity contribution is 6.16. The van der Waals surface area contributed by atoms with E-state index in [4.69, 9.17) is 11.6 Å². The van der Waals surface area contributed by atoms with Crippen LogP contribution >= 0.6 is 11.6 Å². The van der Waals surface area contributed by atoms with E-state index in [1.807, 2.05) is 28.8 Å². The van der Waals surface area contributed by atoms with Gasteiger partial charge in [0.2, 0.25) is 0 Å². The average Bonchev–Trinajstić information content (AvgIpc) is 2.52. The van der Waals surface area contributed by atoms with Crippen LogP contribution in [0.25, 0.3) is 10.9 Å². The van der Waals surface area contributed by atoms with E-state index in [1.165, 1.54) is 25.7 Å². The van der Waals surface area contributed by atoms with E-state index in [-0.39, 0.29) is 11.4 Å². The summed E-state index contributed by atoms with van der Waals surface area (Å²) in [6.07, 6.45) is 5.03. The molecule has 2 unspecified atom stereocenters. The molecule has 1 heterocycles. The van der Waals surface area contributed by atoms with Crippen LogP contribution in [0.2, 0.25) is 0 Å². The lowest BCUT2D eigenvalue weighted by molar-refractivity contribution is 0.225. The third-order valence-electron chi connectivity index (χ3n) is 4.77. The lowest BCUT2D eigenvalue weighted by Gasteiger charge is -2.29. The summed E-state index contributed by atoms with van der Waals surface area (Å²) in [4.78, 5) is 17.3. The number of benzene rings is 1. The molecular formula is C17H21ClN2O. The molecule has 0 spiro atoms. The van der Waals surface area contributed by atoms with Crippen LogP contribution in [0.5, 0.6) is 0 Å². The second-order valence-corrected chi connectivity index (χ2v) is 6.38. The molecule has 1 aliphatic rings. The summed E-state index contributed by atoms with van der Waals surface area (Å²) >= 11 is 6.04. The molecule has 4 heteroatoms. The molecule has 3 rings (SSSR count). The van der Waals surface area contributed by atoms with Crippen LogP contribution in [0.3, 0.4) is 0 Å². The smallest absolute Gasteiger partial charge is 0.261 e. The van der Waals surface area contributed by atoms with Crippen molar-refractivity contribution in [2.45, 2.75) is 45.0 Å². The number of nitrogens with zero attached hydrogens (tertiary/aromatic N) is 2. The molecule has 2 atom stereocenters. The first-order valence-electron chi connectivity index (χ1n) is 7.75. The predicted molar refractivity (Wildman–Crippen MR) is 86.7 cm³/mol. The zero-order valence-electron chi connectivity index (χ0n) is 12.4. The summed E-state index contributed by atoms with van der Waals surface area (Å²) < 4.78 is 1.81. The van der Waals surface area contributed by atoms with Crippen LogP contribution < -0.4 is 5.56 Å². The highest BCUT2D eigenvalue weighted by Crippen LogP contribution is 2.30. The Bertz CT molecular complexity index is 695. The summed E-state index contributed by atoms with van der Waals surface area (Å²) in [5.74, 6) is 2.20. The third kappa shape index (κ3) is 2.84. The zero-order chi connectivity index (χ0) is 14.8. The molecule has 1 aromatic carbocycles. The van der Waals surface area contributed by atoms with Crippen molar-refractivity contribution in [1.82, 2.24) is 9.55 Å². The van der Waals surface area contributed by atoms with Gasteiger partial charge in [-0.3, -0.25) is 9.36 Å². The Morgan fingerprint density at radius 1 is 1.29 bits per heavy atom. The summed E-state index contributed by atoms with van der Waals surface area (Å²) in [5.41, 5.74) is 0.792. The molecule has 1 fully saturated rings. The van der Waals surface area contributed by atoms with Gasteiger partial charge in [-0.1, -0.05) is 38.3 Å². The van der Waals surface area contributed by atoms with Gasteiger partial charge < -0.3 is 0 Å². The second kappa shape index (κ2) is 6.18. The third-order valence-corrected chi connectivity index (χ3v) is 5.01. The number of hydrogen-bond donors (Lipinski definition) is 0. The predicted octanol–water partition coefficient (Wildman–Crippen LogP) is 3.96. The van der Waals surface area contributed by atoms with Crippen molar-refractivity contribution >= 4 is 22.5 Å². The summed E-state index contributed by atoms with van der Waals surface area (Å²) in [6, 6.07) is 7.52. The minimum atomic E-state index is 0.0500. The van der Waals surface area contributed by atoms with Crippen LogP contribution in [0.15, 0.2) is 29.1 Å². The number of halogens is 1. The highest BCUT2D eigenvalue weighted by Gasteiger charge is 2.23. The lowest BCUT2D eigenvalue weighted by atomic mass is 9.80. The number of aromatic nitrogens is 2. The van der Waals surface area contributed by atoms with Crippen LogP contribution in [0, 0.1) is 11.8 Å². The van der Waals surface area contributed by atoms with Crippen LogP contribution in [0.1, 0.15) is 38.4 Å². The lowest BCUT2D eigenvalue weighted by Crippen LogP contribution is -2.31. The van der Waals surface area contributed by atoms with Gasteiger partial charge in [-0.05, 0) is 30.4 Å². The molecule has 0 saturated heterocycles. The average molecular weight is 305 g/mol. The van der Waals surface area contributed by atoms with Gasteiger partial charge in [-0.2, -0.15) is 0 Å². The first-order chi connectivity index (χ1) is 10.2. The number of hydrogen-bond acceptors (Lipinski definition) is 2. The van der Waals surface area contributed by atoms with E-state index >= 15 is 0 Å². The molecule has 1 aromatic heterocycles. The van der Waals surface area contributed by atoms with Gasteiger partial charge >= 0.3 is 0 Å². The maximum absolute atomic E-state index is 12.8. The fourth-order valence-electron chi connectivity index (χ4n) is 3.40. The summed E-state index contributed by atoms with van der Waals surface area (Å²) in [7, 11) is 0. The van der Waals surface area contributed by atoms with E-state index < -0.39 is 0 Å². The van der Waals surface area contributed by atoms with Crippen molar-refractivity contribution < 1.29 is 0 Å². The van der Waals surface area contributed by atoms with Crippen molar-refractivity contribution in [1.29, 1.82) is 0 Å². The molecule has 1 aliphatic carbocycles. The SMILES string of the molecule is CC1CCCCC1Cn1c(CCl)nc2ccccc2c1=O. The Morgan fingerprint density at radius 3 is 2.81 bits per heavy atom. The fourth-order valence-corrected chi connectivity index (χ4v) is 3.61. The van der Waals surface area contributed by atoms with Crippen molar-refractivity contribution in [3.05, 3.63) is 40.4 Å². The van der Waals surface area contributed by atoms with Crippen molar-refractivity contribution in [3.8, 4) is 0 Å². The largest absolute Gasteiger partial charge is 0.295 e. The maximum Gasteiger partial charge on any atom is 0.261 e. The van der Waals surface area contributed by atoms with E-state index in [1.54, 1.807) is 0 Å². The van der Waals surface area contributed by atoms with Gasteiger partial charge in [0.25, 0.3) is 5.56 Å². The maximum atomic E-state index is 12.8. The monoisotopic (exact) mass is 304 g/mol. The second-order valence-electron chi connectivity index (χ2n) is 6.12. The Hall–Kier alpha value is -1.35. The molecule has 0 aliphatic heterocycles. The Kier molecular flexibility index (Phi) is 4.29. The highest BCUT2D eigenvalue weighted by atomic mass is 35.5. The van der Waals surface area contributed by atoms with Crippen LogP contribution in [0.4, 0.5) is 0 Å². The van der Waals surface area contributed by atoms with Crippen LogP contribution in [-0.2, 0) is 12.4 Å². The first kappa shape index (κ1) is 14.6. The van der Waals surface area contributed by atoms with E-state index in [9.17, 15) is 4.79 Å². The van der Waals surface area contributed by atoms with E-state index in [0.29, 0.717) is 23.0 Å². The normalized spacial score (nSPS) is 22.6. The topological polar surface area (TPSA) is 34.9 Å². The molecule has 0 radical (unpaired) electrons. The first-order valence-corrected chi connectivity index (χ1v) is 8.28. The van der Waals surface area contributed by atoms with Crippen molar-refractivity contribution in [2.24, 2.45) is 11.8 Å². The van der Waals surface area contributed by atoms with Crippen molar-refractivity contribution in [2.75, 3.05) is 0 Å². The molecule has 1 saturated carbocycles. The molecule has 0 N–H and O–H groups in total. The molecule has 3 nitrogen and oxygen atoms in total. The minimum absolute atomic E-state index is 0.0500. The molecule has 112 valence electrons. The van der Waals surface area contributed by atoms with E-state index in [2.05, 4.69) is 11.9 Å². The quantitative estimate of drug-likeness (QED) is 0.804. The standard InChI is InChI=1S/C17H21ClN2O/c1-12-6-2-3-7-13(12)11-20-16(10-18)19-15-9-5-4-8-14(15)17(20)21/h4-5,8-9,12-13H,2-3,6-7,10-11H2,1H3. The molecular weight excluding hydrogens is 284 g/mol. The zero-order valence-corrected chi connectivity index (χ0v) is 13.1. The molecule has 21 heavy (non-hydrogen) atoms. The van der Waals surface area contributed by atoms with Gasteiger partial charge in [-0.15, -0.1) is 11.6 Å². The molecule has 2 aromatic rings. The van der Waals surface area contributed by atoms with Gasteiger partial charge in [-0.25, -0.2) is 4.98 Å². The van der Waals surface area contributed by atoms with Gasteiger partial charge in [0.15, 0.2) is 0 Å². The Labute approximate surface area is 130 Å². The van der Waals surface area contributed by atoms with Gasteiger partial charge in [0.1, 0.15) is 5.82 Å². The summed E-state index contributed by atoms with van der Waals surface area (Å²) in [6.45, 7) is 3.05.